The monoisotopic (exact) mass is 434 g/mol. The number of hydrogen-bond acceptors (Lipinski definition) is 6. The molecule has 2 N–H and O–H groups in total. The van der Waals surface area contributed by atoms with E-state index in [1.54, 1.807) is 48.5 Å². The number of methoxy groups -OCH3 is 1. The summed E-state index contributed by atoms with van der Waals surface area (Å²) in [6, 6.07) is 12.0. The number of anilines is 1. The summed E-state index contributed by atoms with van der Waals surface area (Å²) in [6.45, 7) is -0.199. The maximum absolute atomic E-state index is 12.1. The fourth-order valence-electron chi connectivity index (χ4n) is 2.37. The SMILES string of the molecule is COc1cc(/C=C2\SC(=S)NC2=O)ccc1OCC(=O)Nc1cccc(Cl)c1. The first-order valence-electron chi connectivity index (χ1n) is 8.06. The van der Waals surface area contributed by atoms with Gasteiger partial charge in [0.05, 0.1) is 12.0 Å². The number of carbonyl (C=O) groups excluding carboxylic acids is 2. The predicted molar refractivity (Wildman–Crippen MR) is 115 cm³/mol. The number of rotatable bonds is 6. The fourth-order valence-corrected chi connectivity index (χ4v) is 3.61. The second kappa shape index (κ2) is 9.09. The molecule has 0 aromatic heterocycles. The van der Waals surface area contributed by atoms with Crippen molar-refractivity contribution in [2.24, 2.45) is 0 Å². The maximum atomic E-state index is 12.1. The molecule has 0 atom stereocenters. The Labute approximate surface area is 176 Å². The molecule has 0 unspecified atom stereocenters. The van der Waals surface area contributed by atoms with Crippen molar-refractivity contribution in [3.05, 3.63) is 58.0 Å². The number of amides is 2. The highest BCUT2D eigenvalue weighted by Crippen LogP contribution is 2.31. The Hall–Kier alpha value is -2.55. The van der Waals surface area contributed by atoms with E-state index in [4.69, 9.17) is 33.3 Å². The summed E-state index contributed by atoms with van der Waals surface area (Å²) in [5.74, 6) is 0.288. The molecule has 6 nitrogen and oxygen atoms in total. The van der Waals surface area contributed by atoms with E-state index in [2.05, 4.69) is 10.6 Å². The summed E-state index contributed by atoms with van der Waals surface area (Å²) < 4.78 is 11.3. The highest BCUT2D eigenvalue weighted by Gasteiger charge is 2.22. The molecule has 144 valence electrons. The van der Waals surface area contributed by atoms with E-state index in [1.807, 2.05) is 0 Å². The van der Waals surface area contributed by atoms with E-state index in [0.717, 1.165) is 5.56 Å². The molecule has 0 aliphatic carbocycles. The molecule has 0 saturated carbocycles. The standard InChI is InChI=1S/C19H15ClN2O4S2/c1-25-15-7-11(8-16-18(24)22-19(27)28-16)5-6-14(15)26-10-17(23)21-13-4-2-3-12(20)9-13/h2-9H,10H2,1H3,(H,21,23)(H,22,24,27)/b16-8-. The molecule has 1 fully saturated rings. The van der Waals surface area contributed by atoms with Gasteiger partial charge in [-0.3, -0.25) is 9.59 Å². The largest absolute Gasteiger partial charge is 0.493 e. The minimum atomic E-state index is -0.331. The molecule has 1 aliphatic heterocycles. The lowest BCUT2D eigenvalue weighted by atomic mass is 10.2. The molecule has 0 spiro atoms. The number of thioether (sulfide) groups is 1. The Bertz CT molecular complexity index is 978. The van der Waals surface area contributed by atoms with Crippen molar-refractivity contribution < 1.29 is 19.1 Å². The average Bonchev–Trinajstić information content (AvgIpc) is 2.97. The molecule has 9 heteroatoms. The zero-order chi connectivity index (χ0) is 20.1. The van der Waals surface area contributed by atoms with Gasteiger partial charge in [0, 0.05) is 10.7 Å². The fraction of sp³-hybridized carbons (Fsp3) is 0.105. The number of hydrogen-bond donors (Lipinski definition) is 2. The number of thiocarbonyl (C=S) groups is 1. The minimum absolute atomic E-state index is 0.199. The van der Waals surface area contributed by atoms with Gasteiger partial charge in [-0.2, -0.15) is 0 Å². The quantitative estimate of drug-likeness (QED) is 0.531. The molecule has 2 amide bonds. The van der Waals surface area contributed by atoms with Gasteiger partial charge in [0.2, 0.25) is 0 Å². The Kier molecular flexibility index (Phi) is 6.56. The van der Waals surface area contributed by atoms with E-state index in [-0.39, 0.29) is 18.4 Å². The summed E-state index contributed by atoms with van der Waals surface area (Å²) in [6.07, 6.45) is 1.71. The van der Waals surface area contributed by atoms with Crippen LogP contribution in [0.25, 0.3) is 6.08 Å². The Morgan fingerprint density at radius 1 is 1.29 bits per heavy atom. The van der Waals surface area contributed by atoms with Crippen molar-refractivity contribution in [1.82, 2.24) is 5.32 Å². The highest BCUT2D eigenvalue weighted by atomic mass is 35.5. The molecule has 1 heterocycles. The van der Waals surface area contributed by atoms with Gasteiger partial charge in [0.1, 0.15) is 4.32 Å². The Morgan fingerprint density at radius 3 is 2.79 bits per heavy atom. The second-order valence-corrected chi connectivity index (χ2v) is 7.77. The zero-order valence-corrected chi connectivity index (χ0v) is 17.0. The topological polar surface area (TPSA) is 76.7 Å². The van der Waals surface area contributed by atoms with Crippen molar-refractivity contribution in [1.29, 1.82) is 0 Å². The predicted octanol–water partition coefficient (Wildman–Crippen LogP) is 3.85. The molecule has 3 rings (SSSR count). The van der Waals surface area contributed by atoms with E-state index in [9.17, 15) is 9.59 Å². The van der Waals surface area contributed by atoms with Crippen LogP contribution in [0, 0.1) is 0 Å². The number of halogens is 1. The van der Waals surface area contributed by atoms with Gasteiger partial charge in [-0.25, -0.2) is 0 Å². The molecule has 1 aliphatic rings. The molecule has 1 saturated heterocycles. The third-order valence-corrected chi connectivity index (χ3v) is 4.99. The summed E-state index contributed by atoms with van der Waals surface area (Å²) in [5.41, 5.74) is 1.33. The summed E-state index contributed by atoms with van der Waals surface area (Å²) in [7, 11) is 1.50. The first-order valence-corrected chi connectivity index (χ1v) is 9.66. The number of carbonyl (C=O) groups is 2. The van der Waals surface area contributed by atoms with E-state index < -0.39 is 0 Å². The van der Waals surface area contributed by atoms with Gasteiger partial charge in [0.15, 0.2) is 18.1 Å². The van der Waals surface area contributed by atoms with Crippen LogP contribution in [0.2, 0.25) is 5.02 Å². The molecule has 2 aromatic rings. The summed E-state index contributed by atoms with van der Waals surface area (Å²) in [4.78, 5) is 24.3. The molecule has 28 heavy (non-hydrogen) atoms. The second-order valence-electron chi connectivity index (χ2n) is 5.61. The third kappa shape index (κ3) is 5.25. The van der Waals surface area contributed by atoms with Crippen molar-refractivity contribution in [2.75, 3.05) is 19.0 Å². The number of ether oxygens (including phenoxy) is 2. The van der Waals surface area contributed by atoms with Gasteiger partial charge >= 0.3 is 0 Å². The van der Waals surface area contributed by atoms with Crippen LogP contribution in [-0.2, 0) is 9.59 Å². The maximum Gasteiger partial charge on any atom is 0.263 e. The molecule has 0 bridgehead atoms. The smallest absolute Gasteiger partial charge is 0.263 e. The van der Waals surface area contributed by atoms with Crippen molar-refractivity contribution in [2.45, 2.75) is 0 Å². The third-order valence-electron chi connectivity index (χ3n) is 3.59. The van der Waals surface area contributed by atoms with Crippen LogP contribution in [0.1, 0.15) is 5.56 Å². The van der Waals surface area contributed by atoms with Crippen molar-refractivity contribution in [3.63, 3.8) is 0 Å². The summed E-state index contributed by atoms with van der Waals surface area (Å²) in [5, 5.41) is 5.79. The Morgan fingerprint density at radius 2 is 2.11 bits per heavy atom. The van der Waals surface area contributed by atoms with Gasteiger partial charge < -0.3 is 20.1 Å². The summed E-state index contributed by atoms with van der Waals surface area (Å²) >= 11 is 12.1. The number of nitrogens with one attached hydrogen (secondary N) is 2. The van der Waals surface area contributed by atoms with Crippen LogP contribution in [0.3, 0.4) is 0 Å². The van der Waals surface area contributed by atoms with E-state index >= 15 is 0 Å². The molecular formula is C19H15ClN2O4S2. The van der Waals surface area contributed by atoms with Crippen LogP contribution >= 0.6 is 35.6 Å². The van der Waals surface area contributed by atoms with Crippen LogP contribution in [0.15, 0.2) is 47.4 Å². The minimum Gasteiger partial charge on any atom is -0.493 e. The Balaban J connectivity index is 1.65. The van der Waals surface area contributed by atoms with Crippen LogP contribution < -0.4 is 20.1 Å². The van der Waals surface area contributed by atoms with Gasteiger partial charge in [0.25, 0.3) is 11.8 Å². The first kappa shape index (κ1) is 20.2. The van der Waals surface area contributed by atoms with Crippen LogP contribution in [0.5, 0.6) is 11.5 Å². The van der Waals surface area contributed by atoms with Crippen LogP contribution in [0.4, 0.5) is 5.69 Å². The van der Waals surface area contributed by atoms with Gasteiger partial charge in [-0.05, 0) is 42.0 Å². The van der Waals surface area contributed by atoms with E-state index in [1.165, 1.54) is 18.9 Å². The molecule has 2 aromatic carbocycles. The first-order chi connectivity index (χ1) is 13.4. The lowest BCUT2D eigenvalue weighted by Crippen LogP contribution is -2.20. The van der Waals surface area contributed by atoms with Gasteiger partial charge in [-0.1, -0.05) is 47.7 Å². The average molecular weight is 435 g/mol. The molecular weight excluding hydrogens is 420 g/mol. The van der Waals surface area contributed by atoms with Crippen molar-refractivity contribution in [3.8, 4) is 11.5 Å². The zero-order valence-electron chi connectivity index (χ0n) is 14.7. The van der Waals surface area contributed by atoms with Crippen LogP contribution in [-0.4, -0.2) is 29.9 Å². The lowest BCUT2D eigenvalue weighted by Gasteiger charge is -2.12. The normalized spacial score (nSPS) is 14.7. The highest BCUT2D eigenvalue weighted by molar-refractivity contribution is 8.26. The molecule has 0 radical (unpaired) electrons. The van der Waals surface area contributed by atoms with Gasteiger partial charge in [-0.15, -0.1) is 0 Å². The number of benzene rings is 2. The lowest BCUT2D eigenvalue weighted by molar-refractivity contribution is -0.118. The van der Waals surface area contributed by atoms with E-state index in [0.29, 0.717) is 31.4 Å². The van der Waals surface area contributed by atoms with Crippen molar-refractivity contribution >= 4 is 63.5 Å².